The quantitative estimate of drug-likeness (QED) is 0.180. The molecular formula is C7H10BNO. The van der Waals surface area contributed by atoms with Gasteiger partial charge < -0.3 is 0 Å². The number of carbonyl (C=O) groups is 1. The summed E-state index contributed by atoms with van der Waals surface area (Å²) < 4.78 is 0. The number of nitrogens with zero attached hydrogens (tertiary/aromatic N) is 1. The third kappa shape index (κ3) is 3.84. The smallest absolute Gasteiger partial charge is 0.168 e. The van der Waals surface area contributed by atoms with Gasteiger partial charge in [-0.05, 0) is 13.0 Å². The van der Waals surface area contributed by atoms with E-state index in [0.29, 0.717) is 5.70 Å². The maximum absolute atomic E-state index is 10.2. The summed E-state index contributed by atoms with van der Waals surface area (Å²) in [6.07, 6.45) is 5.74. The Balaban J connectivity index is 4.17. The fraction of sp³-hybridized carbons (Fsp3) is 0.143. The zero-order chi connectivity index (χ0) is 7.82. The summed E-state index contributed by atoms with van der Waals surface area (Å²) >= 11 is 0. The Morgan fingerprint density at radius 2 is 2.30 bits per heavy atom. The molecule has 0 N–H and O–H groups in total. The summed E-state index contributed by atoms with van der Waals surface area (Å²) in [4.78, 5) is 14.0. The van der Waals surface area contributed by atoms with Crippen LogP contribution in [0.5, 0.6) is 0 Å². The van der Waals surface area contributed by atoms with E-state index in [9.17, 15) is 4.79 Å². The first-order valence-electron chi connectivity index (χ1n) is 3.12. The third-order valence-corrected chi connectivity index (χ3v) is 0.858. The molecule has 0 unspecified atom stereocenters. The summed E-state index contributed by atoms with van der Waals surface area (Å²) in [5, 5.41) is 0. The molecule has 0 aromatic rings. The lowest BCUT2D eigenvalue weighted by Gasteiger charge is -1.83. The molecule has 52 valence electrons. The highest BCUT2D eigenvalue weighted by atomic mass is 16.1. The van der Waals surface area contributed by atoms with Crippen LogP contribution in [0.1, 0.15) is 6.92 Å². The second-order valence-corrected chi connectivity index (χ2v) is 1.62. The maximum Gasteiger partial charge on any atom is 0.168 e. The Morgan fingerprint density at radius 1 is 1.60 bits per heavy atom. The van der Waals surface area contributed by atoms with Crippen molar-refractivity contribution in [1.29, 1.82) is 0 Å². The Bertz CT molecular complexity index is 182. The first-order valence-corrected chi connectivity index (χ1v) is 3.12. The van der Waals surface area contributed by atoms with E-state index >= 15 is 0 Å². The molecule has 0 amide bonds. The Morgan fingerprint density at radius 3 is 2.70 bits per heavy atom. The summed E-state index contributed by atoms with van der Waals surface area (Å²) in [7, 11) is 1.88. The van der Waals surface area contributed by atoms with Crippen LogP contribution in [-0.4, -0.2) is 20.3 Å². The number of aliphatic imine (C=N–C) groups is 1. The molecule has 0 saturated carbocycles. The lowest BCUT2D eigenvalue weighted by Crippen LogP contribution is -1.77. The van der Waals surface area contributed by atoms with E-state index in [4.69, 9.17) is 0 Å². The van der Waals surface area contributed by atoms with Crippen molar-refractivity contribution in [3.63, 3.8) is 0 Å². The molecule has 0 aromatic heterocycles. The summed E-state index contributed by atoms with van der Waals surface area (Å²) in [6.45, 7) is 1.77. The molecule has 0 fully saturated rings. The molecule has 2 nitrogen and oxygen atoms in total. The number of carbonyl (C=O) groups excluding carboxylic acids is 1. The van der Waals surface area contributed by atoms with Gasteiger partial charge in [-0.2, -0.15) is 0 Å². The van der Waals surface area contributed by atoms with Gasteiger partial charge in [-0.3, -0.25) is 9.79 Å². The van der Waals surface area contributed by atoms with Gasteiger partial charge in [0.25, 0.3) is 0 Å². The molecule has 0 radical (unpaired) electrons. The predicted octanol–water partition coefficient (Wildman–Crippen LogP) is 0.307. The molecule has 0 heterocycles. The predicted molar refractivity (Wildman–Crippen MR) is 46.0 cm³/mol. The highest BCUT2D eigenvalue weighted by molar-refractivity contribution is 6.17. The SMILES string of the molecule is B/C=C/C=C(C=O)\N=C/C. The fourth-order valence-corrected chi connectivity index (χ4v) is 0.457. The van der Waals surface area contributed by atoms with Crippen molar-refractivity contribution in [3.8, 4) is 0 Å². The summed E-state index contributed by atoms with van der Waals surface area (Å²) in [5.41, 5.74) is 0.445. The van der Waals surface area contributed by atoms with Crippen LogP contribution in [0.25, 0.3) is 0 Å². The number of rotatable bonds is 3. The molecular weight excluding hydrogens is 125 g/mol. The summed E-state index contributed by atoms with van der Waals surface area (Å²) in [6, 6.07) is 0. The first kappa shape index (κ1) is 8.88. The third-order valence-electron chi connectivity index (χ3n) is 0.858. The van der Waals surface area contributed by atoms with Crippen LogP contribution in [0, 0.1) is 0 Å². The van der Waals surface area contributed by atoms with Crippen LogP contribution in [0.15, 0.2) is 28.8 Å². The molecule has 0 aliphatic rings. The largest absolute Gasteiger partial charge is 0.296 e. The molecule has 0 aromatic carbocycles. The van der Waals surface area contributed by atoms with E-state index in [2.05, 4.69) is 4.99 Å². The molecule has 0 rings (SSSR count). The van der Waals surface area contributed by atoms with Crippen molar-refractivity contribution >= 4 is 20.3 Å². The molecule has 0 saturated heterocycles. The highest BCUT2D eigenvalue weighted by Gasteiger charge is 1.82. The van der Waals surface area contributed by atoms with E-state index in [-0.39, 0.29) is 0 Å². The lowest BCUT2D eigenvalue weighted by molar-refractivity contribution is -0.104. The van der Waals surface area contributed by atoms with E-state index in [1.54, 1.807) is 25.3 Å². The average molecular weight is 135 g/mol. The number of allylic oxidation sites excluding steroid dienone is 3. The minimum absolute atomic E-state index is 0.445. The van der Waals surface area contributed by atoms with Gasteiger partial charge in [-0.25, -0.2) is 0 Å². The van der Waals surface area contributed by atoms with Crippen LogP contribution in [0.3, 0.4) is 0 Å². The molecule has 0 aliphatic heterocycles. The minimum Gasteiger partial charge on any atom is -0.296 e. The van der Waals surface area contributed by atoms with Crippen LogP contribution in [0.2, 0.25) is 0 Å². The lowest BCUT2D eigenvalue weighted by atomic mass is 10.1. The van der Waals surface area contributed by atoms with Crippen LogP contribution in [0.4, 0.5) is 0 Å². The van der Waals surface area contributed by atoms with Gasteiger partial charge in [0.2, 0.25) is 0 Å². The van der Waals surface area contributed by atoms with Gasteiger partial charge in [0, 0.05) is 6.21 Å². The maximum atomic E-state index is 10.2. The van der Waals surface area contributed by atoms with Crippen LogP contribution >= 0.6 is 0 Å². The molecule has 0 atom stereocenters. The second-order valence-electron chi connectivity index (χ2n) is 1.62. The molecule has 0 aliphatic carbocycles. The normalized spacial score (nSPS) is 13.1. The Kier molecular flexibility index (Phi) is 5.34. The van der Waals surface area contributed by atoms with Gasteiger partial charge in [0.15, 0.2) is 6.29 Å². The van der Waals surface area contributed by atoms with Gasteiger partial charge >= 0.3 is 0 Å². The van der Waals surface area contributed by atoms with Gasteiger partial charge in [0.05, 0.1) is 0 Å². The van der Waals surface area contributed by atoms with Crippen molar-refractivity contribution < 1.29 is 4.79 Å². The van der Waals surface area contributed by atoms with Crippen LogP contribution in [-0.2, 0) is 4.79 Å². The number of aldehydes is 1. The first-order chi connectivity index (χ1) is 4.85. The van der Waals surface area contributed by atoms with Crippen molar-refractivity contribution in [2.24, 2.45) is 4.99 Å². The zero-order valence-electron chi connectivity index (χ0n) is 6.24. The monoisotopic (exact) mass is 135 g/mol. The standard InChI is InChI=1S/C7H10BNO/c1-2-9-7(6-10)4-3-5-8/h2-6H,8H2,1H3/b5-3+,7-4-,9-2-. The van der Waals surface area contributed by atoms with Gasteiger partial charge in [-0.1, -0.05) is 6.08 Å². The topological polar surface area (TPSA) is 29.4 Å². The van der Waals surface area contributed by atoms with Crippen molar-refractivity contribution in [2.45, 2.75) is 6.92 Å². The highest BCUT2D eigenvalue weighted by Crippen LogP contribution is 1.90. The molecule has 0 bridgehead atoms. The summed E-state index contributed by atoms with van der Waals surface area (Å²) in [5.74, 6) is 1.84. The Labute approximate surface area is 61.8 Å². The van der Waals surface area contributed by atoms with E-state index < -0.39 is 0 Å². The number of hydrogen-bond donors (Lipinski definition) is 0. The number of hydrogen-bond acceptors (Lipinski definition) is 2. The van der Waals surface area contributed by atoms with E-state index in [0.717, 1.165) is 6.29 Å². The van der Waals surface area contributed by atoms with E-state index in [1.165, 1.54) is 0 Å². The van der Waals surface area contributed by atoms with Gasteiger partial charge in [-0.15, -0.1) is 5.98 Å². The van der Waals surface area contributed by atoms with Crippen molar-refractivity contribution in [3.05, 3.63) is 23.8 Å². The molecule has 10 heavy (non-hydrogen) atoms. The van der Waals surface area contributed by atoms with E-state index in [1.807, 2.05) is 13.8 Å². The van der Waals surface area contributed by atoms with Crippen LogP contribution < -0.4 is 0 Å². The zero-order valence-corrected chi connectivity index (χ0v) is 6.24. The minimum atomic E-state index is 0.445. The Hall–Kier alpha value is -1.12. The van der Waals surface area contributed by atoms with Gasteiger partial charge in [0.1, 0.15) is 13.5 Å². The fourth-order valence-electron chi connectivity index (χ4n) is 0.457. The van der Waals surface area contributed by atoms with Crippen molar-refractivity contribution in [1.82, 2.24) is 0 Å². The average Bonchev–Trinajstić information content (AvgIpc) is 1.98. The van der Waals surface area contributed by atoms with Crippen molar-refractivity contribution in [2.75, 3.05) is 0 Å². The molecule has 0 spiro atoms. The molecule has 3 heteroatoms. The second kappa shape index (κ2) is 6.01.